The lowest BCUT2D eigenvalue weighted by Gasteiger charge is -2.36. The van der Waals surface area contributed by atoms with E-state index < -0.39 is 24.2 Å². The highest BCUT2D eigenvalue weighted by atomic mass is 16.8. The fourth-order valence-corrected chi connectivity index (χ4v) is 2.91. The fourth-order valence-electron chi connectivity index (χ4n) is 2.91. The maximum absolute atomic E-state index is 11.3. The molecular weight excluding hydrogens is 300 g/mol. The molecular formula is C17H22O6. The van der Waals surface area contributed by atoms with Gasteiger partial charge in [0.1, 0.15) is 18.3 Å². The molecule has 6 nitrogen and oxygen atoms in total. The molecule has 2 aliphatic heterocycles. The van der Waals surface area contributed by atoms with Crippen molar-refractivity contribution in [2.75, 3.05) is 6.61 Å². The Labute approximate surface area is 135 Å². The van der Waals surface area contributed by atoms with Gasteiger partial charge in [-0.15, -0.1) is 0 Å². The van der Waals surface area contributed by atoms with E-state index in [0.717, 1.165) is 5.56 Å². The molecule has 4 atom stereocenters. The standard InChI is InChI=1S/C17H22O6/c1-11(18)21-16-15(19-9-12-7-5-4-6-8-12)14-13(10-20-16)22-17(2,3)23-14/h4-8,13-16H,9-10H2,1-3H3/t13-,14-,15-,16?/m0/s1. The van der Waals surface area contributed by atoms with Crippen LogP contribution in [0.2, 0.25) is 0 Å². The lowest BCUT2D eigenvalue weighted by Crippen LogP contribution is -2.54. The predicted octanol–water partition coefficient (Wildman–Crippen LogP) is 2.01. The summed E-state index contributed by atoms with van der Waals surface area (Å²) in [5, 5.41) is 0. The van der Waals surface area contributed by atoms with Crippen LogP contribution in [0.15, 0.2) is 30.3 Å². The third-order valence-corrected chi connectivity index (χ3v) is 3.81. The number of carbonyl (C=O) groups is 1. The van der Waals surface area contributed by atoms with Gasteiger partial charge in [-0.25, -0.2) is 0 Å². The summed E-state index contributed by atoms with van der Waals surface area (Å²) in [5.41, 5.74) is 1.02. The minimum Gasteiger partial charge on any atom is -0.433 e. The van der Waals surface area contributed by atoms with Crippen molar-refractivity contribution in [2.45, 2.75) is 57.8 Å². The first-order valence-corrected chi connectivity index (χ1v) is 7.74. The zero-order chi connectivity index (χ0) is 16.4. The molecule has 6 heteroatoms. The van der Waals surface area contributed by atoms with Crippen molar-refractivity contribution in [1.82, 2.24) is 0 Å². The maximum atomic E-state index is 11.3. The average Bonchev–Trinajstić information content (AvgIpc) is 2.81. The Hall–Kier alpha value is -1.47. The molecule has 1 unspecified atom stereocenters. The van der Waals surface area contributed by atoms with Crippen LogP contribution < -0.4 is 0 Å². The topological polar surface area (TPSA) is 63.2 Å². The second kappa shape index (κ2) is 6.57. The lowest BCUT2D eigenvalue weighted by atomic mass is 10.1. The Balaban J connectivity index is 1.73. The van der Waals surface area contributed by atoms with E-state index >= 15 is 0 Å². The first-order chi connectivity index (χ1) is 10.9. The minimum atomic E-state index is -0.796. The molecule has 0 bridgehead atoms. The number of carbonyl (C=O) groups excluding carboxylic acids is 1. The molecule has 2 heterocycles. The minimum absolute atomic E-state index is 0.238. The molecule has 23 heavy (non-hydrogen) atoms. The van der Waals surface area contributed by atoms with E-state index in [4.69, 9.17) is 23.7 Å². The first kappa shape index (κ1) is 16.4. The van der Waals surface area contributed by atoms with E-state index in [1.807, 2.05) is 44.2 Å². The Kier molecular flexibility index (Phi) is 4.68. The van der Waals surface area contributed by atoms with Gasteiger partial charge in [0, 0.05) is 6.92 Å². The van der Waals surface area contributed by atoms with Crippen LogP contribution >= 0.6 is 0 Å². The van der Waals surface area contributed by atoms with E-state index in [9.17, 15) is 4.79 Å². The van der Waals surface area contributed by atoms with Crippen LogP contribution in [0, 0.1) is 0 Å². The number of hydrogen-bond donors (Lipinski definition) is 0. The van der Waals surface area contributed by atoms with E-state index in [1.165, 1.54) is 6.92 Å². The van der Waals surface area contributed by atoms with E-state index in [1.54, 1.807) is 0 Å². The van der Waals surface area contributed by atoms with Gasteiger partial charge in [0.05, 0.1) is 13.2 Å². The predicted molar refractivity (Wildman–Crippen MR) is 80.4 cm³/mol. The molecule has 0 N–H and O–H groups in total. The first-order valence-electron chi connectivity index (χ1n) is 7.74. The number of fused-ring (bicyclic) bond motifs is 1. The van der Waals surface area contributed by atoms with Crippen LogP contribution in [0.1, 0.15) is 26.3 Å². The van der Waals surface area contributed by atoms with Gasteiger partial charge in [0.15, 0.2) is 5.79 Å². The van der Waals surface area contributed by atoms with Gasteiger partial charge in [-0.2, -0.15) is 0 Å². The van der Waals surface area contributed by atoms with Gasteiger partial charge in [-0.3, -0.25) is 4.79 Å². The summed E-state index contributed by atoms with van der Waals surface area (Å²) in [5.74, 6) is -1.13. The van der Waals surface area contributed by atoms with Crippen LogP contribution in [0.3, 0.4) is 0 Å². The Morgan fingerprint density at radius 1 is 1.26 bits per heavy atom. The molecule has 0 aromatic heterocycles. The van der Waals surface area contributed by atoms with Gasteiger partial charge in [0.2, 0.25) is 6.29 Å². The normalized spacial score (nSPS) is 32.3. The molecule has 2 fully saturated rings. The summed E-state index contributed by atoms with van der Waals surface area (Å²) in [7, 11) is 0. The van der Waals surface area contributed by atoms with Gasteiger partial charge < -0.3 is 23.7 Å². The summed E-state index contributed by atoms with van der Waals surface area (Å²) >= 11 is 0. The second-order valence-corrected chi connectivity index (χ2v) is 6.21. The lowest BCUT2D eigenvalue weighted by molar-refractivity contribution is -0.258. The highest BCUT2D eigenvalue weighted by Gasteiger charge is 2.52. The van der Waals surface area contributed by atoms with Gasteiger partial charge >= 0.3 is 5.97 Å². The van der Waals surface area contributed by atoms with Crippen molar-refractivity contribution >= 4 is 5.97 Å². The number of ether oxygens (including phenoxy) is 5. The molecule has 1 aromatic rings. The summed E-state index contributed by atoms with van der Waals surface area (Å²) in [6.45, 7) is 5.72. The van der Waals surface area contributed by atoms with Crippen molar-refractivity contribution < 1.29 is 28.5 Å². The third kappa shape index (κ3) is 3.90. The van der Waals surface area contributed by atoms with Crippen LogP contribution in [-0.2, 0) is 35.1 Å². The zero-order valence-corrected chi connectivity index (χ0v) is 13.6. The highest BCUT2D eigenvalue weighted by Crippen LogP contribution is 2.36. The summed E-state index contributed by atoms with van der Waals surface area (Å²) in [4.78, 5) is 11.3. The van der Waals surface area contributed by atoms with Gasteiger partial charge in [-0.05, 0) is 19.4 Å². The molecule has 0 spiro atoms. The molecule has 0 saturated carbocycles. The maximum Gasteiger partial charge on any atom is 0.305 e. The van der Waals surface area contributed by atoms with Crippen molar-refractivity contribution in [3.8, 4) is 0 Å². The summed E-state index contributed by atoms with van der Waals surface area (Å²) < 4.78 is 28.6. The SMILES string of the molecule is CC(=O)OC1OC[C@@H]2OC(C)(C)O[C@@H]2[C@@H]1OCc1ccccc1. The molecule has 126 valence electrons. The monoisotopic (exact) mass is 322 g/mol. The van der Waals surface area contributed by atoms with Crippen molar-refractivity contribution in [1.29, 1.82) is 0 Å². The van der Waals surface area contributed by atoms with Crippen molar-refractivity contribution in [2.24, 2.45) is 0 Å². The molecule has 0 amide bonds. The highest BCUT2D eigenvalue weighted by molar-refractivity contribution is 5.66. The van der Waals surface area contributed by atoms with Crippen LogP contribution in [0.4, 0.5) is 0 Å². The van der Waals surface area contributed by atoms with Crippen molar-refractivity contribution in [3.05, 3.63) is 35.9 Å². The molecule has 0 aliphatic carbocycles. The Morgan fingerprint density at radius 3 is 2.70 bits per heavy atom. The van der Waals surface area contributed by atoms with Gasteiger partial charge in [0.25, 0.3) is 0 Å². The Bertz CT molecular complexity index is 543. The molecule has 3 rings (SSSR count). The van der Waals surface area contributed by atoms with Crippen LogP contribution in [0.25, 0.3) is 0 Å². The van der Waals surface area contributed by atoms with Crippen LogP contribution in [-0.4, -0.2) is 43.0 Å². The third-order valence-electron chi connectivity index (χ3n) is 3.81. The fraction of sp³-hybridized carbons (Fsp3) is 0.588. The molecule has 1 aromatic carbocycles. The average molecular weight is 322 g/mol. The number of esters is 1. The largest absolute Gasteiger partial charge is 0.433 e. The second-order valence-electron chi connectivity index (χ2n) is 6.21. The zero-order valence-electron chi connectivity index (χ0n) is 13.6. The molecule has 0 radical (unpaired) electrons. The smallest absolute Gasteiger partial charge is 0.305 e. The quantitative estimate of drug-likeness (QED) is 0.790. The van der Waals surface area contributed by atoms with Gasteiger partial charge in [-0.1, -0.05) is 30.3 Å². The number of rotatable bonds is 4. The van der Waals surface area contributed by atoms with E-state index in [-0.39, 0.29) is 12.2 Å². The number of benzene rings is 1. The molecule has 2 aliphatic rings. The number of hydrogen-bond acceptors (Lipinski definition) is 6. The van der Waals surface area contributed by atoms with Crippen LogP contribution in [0.5, 0.6) is 0 Å². The Morgan fingerprint density at radius 2 is 2.00 bits per heavy atom. The van der Waals surface area contributed by atoms with E-state index in [2.05, 4.69) is 0 Å². The summed E-state index contributed by atoms with van der Waals surface area (Å²) in [6, 6.07) is 9.78. The molecule has 2 saturated heterocycles. The van der Waals surface area contributed by atoms with E-state index in [0.29, 0.717) is 13.2 Å². The summed E-state index contributed by atoms with van der Waals surface area (Å²) in [6.07, 6.45) is -1.92. The van der Waals surface area contributed by atoms with Crippen molar-refractivity contribution in [3.63, 3.8) is 0 Å².